The number of rotatable bonds is 5. The summed E-state index contributed by atoms with van der Waals surface area (Å²) in [6, 6.07) is 2.17. The lowest BCUT2D eigenvalue weighted by atomic mass is 10.1. The Labute approximate surface area is 138 Å². The first kappa shape index (κ1) is 15.8. The first-order valence-electron chi connectivity index (χ1n) is 7.84. The highest BCUT2D eigenvalue weighted by Gasteiger charge is 2.23. The largest absolute Gasteiger partial charge is 0.456 e. The molecule has 0 aromatic carbocycles. The van der Waals surface area contributed by atoms with Crippen LogP contribution in [0.25, 0.3) is 0 Å². The summed E-state index contributed by atoms with van der Waals surface area (Å²) in [7, 11) is 0. The Balaban J connectivity index is 1.51. The van der Waals surface area contributed by atoms with Gasteiger partial charge in [0, 0.05) is 4.88 Å². The number of hydrogen-bond donors (Lipinski definition) is 1. The van der Waals surface area contributed by atoms with E-state index in [4.69, 9.17) is 4.74 Å². The van der Waals surface area contributed by atoms with Gasteiger partial charge in [0.1, 0.15) is 11.1 Å². The van der Waals surface area contributed by atoms with Gasteiger partial charge in [-0.25, -0.2) is 0 Å². The summed E-state index contributed by atoms with van der Waals surface area (Å²) in [6.45, 7) is -0.303. The number of fused-ring (bicyclic) bond motifs is 1. The molecule has 1 aromatic heterocycles. The Morgan fingerprint density at radius 2 is 2.30 bits per heavy atom. The molecule has 0 spiro atoms. The van der Waals surface area contributed by atoms with Crippen molar-refractivity contribution < 1.29 is 14.3 Å². The van der Waals surface area contributed by atoms with Crippen LogP contribution < -0.4 is 5.32 Å². The third kappa shape index (κ3) is 3.62. The molecule has 1 amide bonds. The van der Waals surface area contributed by atoms with Crippen molar-refractivity contribution in [3.8, 4) is 6.07 Å². The van der Waals surface area contributed by atoms with Crippen molar-refractivity contribution in [3.63, 3.8) is 0 Å². The van der Waals surface area contributed by atoms with E-state index in [9.17, 15) is 14.9 Å². The summed E-state index contributed by atoms with van der Waals surface area (Å²) in [5.74, 6) is -0.515. The molecular weight excluding hydrogens is 312 g/mol. The van der Waals surface area contributed by atoms with Gasteiger partial charge in [0.2, 0.25) is 0 Å². The minimum atomic E-state index is -0.392. The maximum atomic E-state index is 11.9. The molecule has 0 saturated heterocycles. The number of nitrogens with one attached hydrogen (secondary N) is 1. The zero-order valence-electron chi connectivity index (χ0n) is 12.8. The van der Waals surface area contributed by atoms with E-state index in [1.54, 1.807) is 0 Å². The van der Waals surface area contributed by atoms with E-state index in [0.29, 0.717) is 17.0 Å². The number of allylic oxidation sites excluding steroid dienone is 2. The van der Waals surface area contributed by atoms with Crippen molar-refractivity contribution in [2.24, 2.45) is 5.92 Å². The van der Waals surface area contributed by atoms with E-state index in [0.717, 1.165) is 37.7 Å². The molecule has 1 N–H and O–H groups in total. The summed E-state index contributed by atoms with van der Waals surface area (Å²) >= 11 is 1.46. The predicted molar refractivity (Wildman–Crippen MR) is 87.1 cm³/mol. The minimum Gasteiger partial charge on any atom is -0.456 e. The van der Waals surface area contributed by atoms with E-state index < -0.39 is 5.91 Å². The zero-order valence-corrected chi connectivity index (χ0v) is 13.6. The number of carbonyl (C=O) groups excluding carboxylic acids is 2. The maximum absolute atomic E-state index is 11.9. The van der Waals surface area contributed by atoms with Crippen LogP contribution in [0.1, 0.15) is 41.7 Å². The molecule has 0 radical (unpaired) electrons. The fourth-order valence-electron chi connectivity index (χ4n) is 3.06. The van der Waals surface area contributed by atoms with E-state index in [-0.39, 0.29) is 18.5 Å². The zero-order chi connectivity index (χ0) is 16.2. The quantitative estimate of drug-likeness (QED) is 0.665. The molecule has 0 aliphatic heterocycles. The molecule has 3 rings (SSSR count). The molecule has 2 aliphatic rings. The molecule has 0 fully saturated rings. The van der Waals surface area contributed by atoms with Crippen LogP contribution in [0.15, 0.2) is 12.2 Å². The van der Waals surface area contributed by atoms with Gasteiger partial charge in [0.05, 0.1) is 12.0 Å². The average molecular weight is 330 g/mol. The van der Waals surface area contributed by atoms with Gasteiger partial charge >= 0.3 is 5.97 Å². The molecule has 2 aliphatic carbocycles. The molecule has 23 heavy (non-hydrogen) atoms. The summed E-state index contributed by atoms with van der Waals surface area (Å²) < 4.78 is 5.03. The Hall–Kier alpha value is -2.13. The second-order valence-electron chi connectivity index (χ2n) is 5.85. The molecule has 1 heterocycles. The molecule has 1 aromatic rings. The van der Waals surface area contributed by atoms with Gasteiger partial charge in [-0.1, -0.05) is 12.2 Å². The highest BCUT2D eigenvalue weighted by atomic mass is 32.1. The average Bonchev–Trinajstić information content (AvgIpc) is 3.22. The van der Waals surface area contributed by atoms with Crippen molar-refractivity contribution >= 4 is 28.2 Å². The fraction of sp³-hybridized carbons (Fsp3) is 0.471. The van der Waals surface area contributed by atoms with Crippen molar-refractivity contribution in [2.45, 2.75) is 38.5 Å². The van der Waals surface area contributed by atoms with Gasteiger partial charge in [0.25, 0.3) is 5.91 Å². The maximum Gasteiger partial charge on any atom is 0.306 e. The number of nitriles is 1. The Morgan fingerprint density at radius 3 is 3.04 bits per heavy atom. The highest BCUT2D eigenvalue weighted by Crippen LogP contribution is 2.38. The van der Waals surface area contributed by atoms with Crippen molar-refractivity contribution in [2.75, 3.05) is 11.9 Å². The molecule has 0 bridgehead atoms. The van der Waals surface area contributed by atoms with Gasteiger partial charge in [-0.15, -0.1) is 11.3 Å². The van der Waals surface area contributed by atoms with Crippen LogP contribution >= 0.6 is 11.3 Å². The van der Waals surface area contributed by atoms with E-state index in [1.165, 1.54) is 16.2 Å². The second-order valence-corrected chi connectivity index (χ2v) is 6.96. The molecule has 120 valence electrons. The highest BCUT2D eigenvalue weighted by molar-refractivity contribution is 7.16. The third-order valence-electron chi connectivity index (χ3n) is 4.19. The SMILES string of the molecule is N#Cc1c(NC(=O)COC(=O)C[C@@H]2C=CCC2)sc2c1CCC2. The number of ether oxygens (including phenoxy) is 1. The monoisotopic (exact) mass is 330 g/mol. The smallest absolute Gasteiger partial charge is 0.306 e. The molecule has 1 atom stereocenters. The lowest BCUT2D eigenvalue weighted by molar-refractivity contribution is -0.147. The number of aryl methyl sites for hydroxylation is 1. The lowest BCUT2D eigenvalue weighted by Gasteiger charge is -2.08. The van der Waals surface area contributed by atoms with Gasteiger partial charge < -0.3 is 10.1 Å². The summed E-state index contributed by atoms with van der Waals surface area (Å²) in [5.41, 5.74) is 1.64. The van der Waals surface area contributed by atoms with Crippen LogP contribution in [0.3, 0.4) is 0 Å². The van der Waals surface area contributed by atoms with Gasteiger partial charge in [-0.2, -0.15) is 5.26 Å². The van der Waals surface area contributed by atoms with Crippen molar-refractivity contribution in [1.82, 2.24) is 0 Å². The van der Waals surface area contributed by atoms with Crippen molar-refractivity contribution in [3.05, 3.63) is 28.2 Å². The van der Waals surface area contributed by atoms with Crippen LogP contribution in [0.5, 0.6) is 0 Å². The molecule has 0 saturated carbocycles. The Bertz CT molecular complexity index is 699. The van der Waals surface area contributed by atoms with Crippen LogP contribution in [0.4, 0.5) is 5.00 Å². The normalized spacial score (nSPS) is 18.5. The standard InChI is InChI=1S/C17H18N2O3S/c18-9-13-12-6-3-7-14(12)23-17(13)19-15(20)10-22-16(21)8-11-4-1-2-5-11/h1,4,11H,2-3,5-8,10H2,(H,19,20)/t11-/m1/s1. The molecule has 6 heteroatoms. The fourth-order valence-corrected chi connectivity index (χ4v) is 4.31. The number of anilines is 1. The van der Waals surface area contributed by atoms with Crippen LogP contribution in [0, 0.1) is 17.2 Å². The summed E-state index contributed by atoms with van der Waals surface area (Å²) in [6.07, 6.45) is 9.30. The van der Waals surface area contributed by atoms with E-state index in [1.807, 2.05) is 6.08 Å². The number of esters is 1. The van der Waals surface area contributed by atoms with Crippen LogP contribution in [-0.2, 0) is 27.2 Å². The predicted octanol–water partition coefficient (Wildman–Crippen LogP) is 2.95. The van der Waals surface area contributed by atoms with E-state index in [2.05, 4.69) is 17.5 Å². The first-order chi connectivity index (χ1) is 11.2. The minimum absolute atomic E-state index is 0.232. The number of hydrogen-bond acceptors (Lipinski definition) is 5. The number of carbonyl (C=O) groups is 2. The summed E-state index contributed by atoms with van der Waals surface area (Å²) in [4.78, 5) is 24.8. The number of amides is 1. The molecule has 5 nitrogen and oxygen atoms in total. The lowest BCUT2D eigenvalue weighted by Crippen LogP contribution is -2.21. The number of thiophene rings is 1. The van der Waals surface area contributed by atoms with Gasteiger partial charge in [0.15, 0.2) is 6.61 Å². The number of nitrogens with zero attached hydrogens (tertiary/aromatic N) is 1. The first-order valence-corrected chi connectivity index (χ1v) is 8.66. The Morgan fingerprint density at radius 1 is 1.43 bits per heavy atom. The topological polar surface area (TPSA) is 79.2 Å². The van der Waals surface area contributed by atoms with Crippen LogP contribution in [-0.4, -0.2) is 18.5 Å². The van der Waals surface area contributed by atoms with Gasteiger partial charge in [-0.3, -0.25) is 9.59 Å². The van der Waals surface area contributed by atoms with Crippen molar-refractivity contribution in [1.29, 1.82) is 5.26 Å². The third-order valence-corrected chi connectivity index (χ3v) is 5.40. The molecule has 0 unspecified atom stereocenters. The van der Waals surface area contributed by atoms with Gasteiger partial charge in [-0.05, 0) is 43.6 Å². The van der Waals surface area contributed by atoms with E-state index >= 15 is 0 Å². The molecular formula is C17H18N2O3S. The summed E-state index contributed by atoms with van der Waals surface area (Å²) in [5, 5.41) is 12.6. The van der Waals surface area contributed by atoms with Crippen LogP contribution in [0.2, 0.25) is 0 Å². The Kier molecular flexibility index (Phi) is 4.77. The second kappa shape index (κ2) is 6.97.